The molecule has 31 heavy (non-hydrogen) atoms. The molecule has 0 radical (unpaired) electrons. The minimum atomic E-state index is -0.471. The van der Waals surface area contributed by atoms with E-state index in [0.717, 1.165) is 10.4 Å². The van der Waals surface area contributed by atoms with Crippen LogP contribution in [0.15, 0.2) is 54.9 Å². The van der Waals surface area contributed by atoms with Crippen molar-refractivity contribution in [3.8, 4) is 11.3 Å². The summed E-state index contributed by atoms with van der Waals surface area (Å²) in [6.07, 6.45) is 3.36. The SMILES string of the molecule is CCOC(=O)c1cc(C)sc1NC(=O)c1cc(-c2cccnc2)nc2ccc(Cl)cc12. The molecule has 4 aromatic rings. The highest BCUT2D eigenvalue weighted by Crippen LogP contribution is 2.31. The Hall–Kier alpha value is -3.29. The van der Waals surface area contributed by atoms with Gasteiger partial charge in [-0.05, 0) is 56.3 Å². The molecule has 0 atom stereocenters. The Kier molecular flexibility index (Phi) is 5.97. The molecule has 1 N–H and O–H groups in total. The number of thiophene rings is 1. The summed E-state index contributed by atoms with van der Waals surface area (Å²) in [6.45, 7) is 3.86. The lowest BCUT2D eigenvalue weighted by Crippen LogP contribution is -2.15. The Morgan fingerprint density at radius 1 is 1.16 bits per heavy atom. The zero-order valence-electron chi connectivity index (χ0n) is 16.8. The molecular formula is C23H18ClN3O3S. The van der Waals surface area contributed by atoms with Crippen LogP contribution in [0.25, 0.3) is 22.2 Å². The fourth-order valence-corrected chi connectivity index (χ4v) is 4.25. The van der Waals surface area contributed by atoms with Crippen LogP contribution < -0.4 is 5.32 Å². The summed E-state index contributed by atoms with van der Waals surface area (Å²) >= 11 is 7.50. The highest BCUT2D eigenvalue weighted by molar-refractivity contribution is 7.16. The minimum Gasteiger partial charge on any atom is -0.462 e. The average Bonchev–Trinajstić information content (AvgIpc) is 3.13. The predicted molar refractivity (Wildman–Crippen MR) is 123 cm³/mol. The molecule has 0 spiro atoms. The van der Waals surface area contributed by atoms with E-state index in [-0.39, 0.29) is 12.5 Å². The number of benzene rings is 1. The normalized spacial score (nSPS) is 10.8. The van der Waals surface area contributed by atoms with Crippen molar-refractivity contribution in [2.45, 2.75) is 13.8 Å². The monoisotopic (exact) mass is 451 g/mol. The first-order valence-electron chi connectivity index (χ1n) is 9.56. The Morgan fingerprint density at radius 2 is 2.00 bits per heavy atom. The van der Waals surface area contributed by atoms with Crippen molar-refractivity contribution in [3.63, 3.8) is 0 Å². The second-order valence-corrected chi connectivity index (χ2v) is 8.43. The third-order valence-corrected chi connectivity index (χ3v) is 5.75. The summed E-state index contributed by atoms with van der Waals surface area (Å²) in [5.74, 6) is -0.840. The lowest BCUT2D eigenvalue weighted by molar-refractivity contribution is 0.0528. The first-order chi connectivity index (χ1) is 15.0. The van der Waals surface area contributed by atoms with E-state index in [9.17, 15) is 9.59 Å². The van der Waals surface area contributed by atoms with Gasteiger partial charge in [0.15, 0.2) is 0 Å². The van der Waals surface area contributed by atoms with Crippen LogP contribution in [0.2, 0.25) is 5.02 Å². The number of aromatic nitrogens is 2. The van der Waals surface area contributed by atoms with E-state index >= 15 is 0 Å². The number of amides is 1. The molecule has 3 heterocycles. The molecule has 1 aromatic carbocycles. The first-order valence-corrected chi connectivity index (χ1v) is 10.8. The van der Waals surface area contributed by atoms with Gasteiger partial charge in [-0.25, -0.2) is 9.78 Å². The van der Waals surface area contributed by atoms with Gasteiger partial charge in [0.25, 0.3) is 5.91 Å². The molecule has 3 aromatic heterocycles. The molecule has 0 fully saturated rings. The number of hydrogen-bond acceptors (Lipinski definition) is 6. The summed E-state index contributed by atoms with van der Waals surface area (Å²) in [5, 5.41) is 4.42. The topological polar surface area (TPSA) is 81.2 Å². The lowest BCUT2D eigenvalue weighted by Gasteiger charge is -2.11. The van der Waals surface area contributed by atoms with Gasteiger partial charge in [-0.2, -0.15) is 0 Å². The number of fused-ring (bicyclic) bond motifs is 1. The molecule has 4 rings (SSSR count). The summed E-state index contributed by atoms with van der Waals surface area (Å²) in [5.41, 5.74) is 2.76. The smallest absolute Gasteiger partial charge is 0.341 e. The fourth-order valence-electron chi connectivity index (χ4n) is 3.19. The summed E-state index contributed by atoms with van der Waals surface area (Å²) < 4.78 is 5.11. The molecule has 0 aliphatic heterocycles. The van der Waals surface area contributed by atoms with Gasteiger partial charge in [0, 0.05) is 33.2 Å². The van der Waals surface area contributed by atoms with Crippen LogP contribution in [0.4, 0.5) is 5.00 Å². The van der Waals surface area contributed by atoms with Crippen molar-refractivity contribution >= 4 is 50.7 Å². The van der Waals surface area contributed by atoms with Crippen LogP contribution in [0.5, 0.6) is 0 Å². The molecule has 0 saturated carbocycles. The maximum Gasteiger partial charge on any atom is 0.341 e. The van der Waals surface area contributed by atoms with Gasteiger partial charge in [0.1, 0.15) is 5.00 Å². The third kappa shape index (κ3) is 4.42. The van der Waals surface area contributed by atoms with Crippen LogP contribution >= 0.6 is 22.9 Å². The number of carbonyl (C=O) groups is 2. The number of ether oxygens (including phenoxy) is 1. The molecule has 0 aliphatic rings. The van der Waals surface area contributed by atoms with Crippen LogP contribution in [0, 0.1) is 6.92 Å². The molecule has 0 bridgehead atoms. The number of pyridine rings is 2. The highest BCUT2D eigenvalue weighted by atomic mass is 35.5. The summed E-state index contributed by atoms with van der Waals surface area (Å²) in [6, 6.07) is 12.3. The number of halogens is 1. The third-order valence-electron chi connectivity index (χ3n) is 4.55. The Balaban J connectivity index is 1.79. The van der Waals surface area contributed by atoms with Crippen LogP contribution in [0.3, 0.4) is 0 Å². The van der Waals surface area contributed by atoms with Gasteiger partial charge in [-0.1, -0.05) is 11.6 Å². The average molecular weight is 452 g/mol. The minimum absolute atomic E-state index is 0.253. The maximum absolute atomic E-state index is 13.3. The van der Waals surface area contributed by atoms with Crippen LogP contribution in [-0.2, 0) is 4.74 Å². The number of esters is 1. The number of rotatable bonds is 5. The zero-order chi connectivity index (χ0) is 22.0. The molecule has 6 nitrogen and oxygen atoms in total. The van der Waals surface area contributed by atoms with Crippen molar-refractivity contribution in [1.29, 1.82) is 0 Å². The van der Waals surface area contributed by atoms with E-state index in [1.165, 1.54) is 11.3 Å². The van der Waals surface area contributed by atoms with Crippen molar-refractivity contribution in [3.05, 3.63) is 75.9 Å². The number of anilines is 1. The quantitative estimate of drug-likeness (QED) is 0.391. The van der Waals surface area contributed by atoms with E-state index < -0.39 is 5.97 Å². The van der Waals surface area contributed by atoms with E-state index in [1.54, 1.807) is 49.6 Å². The number of aryl methyl sites for hydroxylation is 1. The summed E-state index contributed by atoms with van der Waals surface area (Å²) in [4.78, 5) is 35.3. The Bertz CT molecular complexity index is 1290. The number of nitrogens with one attached hydrogen (secondary N) is 1. The van der Waals surface area contributed by atoms with Crippen molar-refractivity contribution in [1.82, 2.24) is 9.97 Å². The van der Waals surface area contributed by atoms with Gasteiger partial charge >= 0.3 is 5.97 Å². The molecule has 1 amide bonds. The molecule has 0 saturated heterocycles. The van der Waals surface area contributed by atoms with E-state index in [1.807, 2.05) is 19.1 Å². The van der Waals surface area contributed by atoms with E-state index in [2.05, 4.69) is 15.3 Å². The Labute approximate surface area is 187 Å². The highest BCUT2D eigenvalue weighted by Gasteiger charge is 2.21. The second-order valence-electron chi connectivity index (χ2n) is 6.73. The Morgan fingerprint density at radius 3 is 2.74 bits per heavy atom. The van der Waals surface area contributed by atoms with Crippen LogP contribution in [0.1, 0.15) is 32.5 Å². The maximum atomic E-state index is 13.3. The number of hydrogen-bond donors (Lipinski definition) is 1. The molecule has 156 valence electrons. The largest absolute Gasteiger partial charge is 0.462 e. The van der Waals surface area contributed by atoms with Gasteiger partial charge in [0.05, 0.1) is 28.9 Å². The van der Waals surface area contributed by atoms with Gasteiger partial charge in [-0.15, -0.1) is 11.3 Å². The predicted octanol–water partition coefficient (Wildman–Crippen LogP) is 5.75. The van der Waals surface area contributed by atoms with Crippen molar-refractivity contribution in [2.75, 3.05) is 11.9 Å². The second kappa shape index (κ2) is 8.83. The molecule has 8 heteroatoms. The van der Waals surface area contributed by atoms with Gasteiger partial charge in [0.2, 0.25) is 0 Å². The molecule has 0 unspecified atom stereocenters. The molecular weight excluding hydrogens is 434 g/mol. The van der Waals surface area contributed by atoms with Crippen molar-refractivity contribution < 1.29 is 14.3 Å². The zero-order valence-corrected chi connectivity index (χ0v) is 18.4. The van der Waals surface area contributed by atoms with Crippen LogP contribution in [-0.4, -0.2) is 28.5 Å². The van der Waals surface area contributed by atoms with Gasteiger partial charge < -0.3 is 10.1 Å². The van der Waals surface area contributed by atoms with E-state index in [4.69, 9.17) is 16.3 Å². The number of nitrogens with zero attached hydrogens (tertiary/aromatic N) is 2. The molecule has 0 aliphatic carbocycles. The lowest BCUT2D eigenvalue weighted by atomic mass is 10.0. The standard InChI is InChI=1S/C23H18ClN3O3S/c1-3-30-23(29)18-9-13(2)31-22(18)27-21(28)17-11-20(14-5-4-8-25-12-14)26-19-7-6-15(24)10-16(17)19/h4-12H,3H2,1-2H3,(H,27,28). The summed E-state index contributed by atoms with van der Waals surface area (Å²) in [7, 11) is 0. The fraction of sp³-hybridized carbons (Fsp3) is 0.130. The number of carbonyl (C=O) groups excluding carboxylic acids is 2. The van der Waals surface area contributed by atoms with Crippen molar-refractivity contribution in [2.24, 2.45) is 0 Å². The van der Waals surface area contributed by atoms with E-state index in [0.29, 0.717) is 37.7 Å². The van der Waals surface area contributed by atoms with Gasteiger partial charge in [-0.3, -0.25) is 9.78 Å². The first kappa shape index (κ1) is 21.0.